The van der Waals surface area contributed by atoms with Crippen LogP contribution in [-0.2, 0) is 54.6 Å². The zero-order valence-corrected chi connectivity index (χ0v) is 6.03. The summed E-state index contributed by atoms with van der Waals surface area (Å²) in [5.74, 6) is 0. The van der Waals surface area contributed by atoms with Gasteiger partial charge in [0.25, 0.3) is 0 Å². The van der Waals surface area contributed by atoms with Gasteiger partial charge >= 0.3 is 48.3 Å². The molecule has 0 rings (SSSR count). The first-order chi connectivity index (χ1) is 2.00. The van der Waals surface area contributed by atoms with Crippen LogP contribution in [0.15, 0.2) is 0 Å². The van der Waals surface area contributed by atoms with Gasteiger partial charge in [-0.15, -0.1) is 0 Å². The van der Waals surface area contributed by atoms with E-state index in [1.165, 1.54) is 0 Å². The molecule has 0 spiro atoms. The first-order valence-corrected chi connectivity index (χ1v) is 2.67. The van der Waals surface area contributed by atoms with Crippen LogP contribution < -0.4 is 0 Å². The molecule has 0 aliphatic rings. The van der Waals surface area contributed by atoms with E-state index in [1.54, 1.807) is 0 Å². The van der Waals surface area contributed by atoms with Crippen LogP contribution in [-0.4, -0.2) is 27.2 Å². The molecule has 0 unspecified atom stereocenters. The number of hydrogen-bond acceptors (Lipinski definition) is 2. The zero-order chi connectivity index (χ0) is 4.50. The van der Waals surface area contributed by atoms with Crippen LogP contribution in [0.1, 0.15) is 0 Å². The Morgan fingerprint density at radius 3 is 1.12 bits per heavy atom. The van der Waals surface area contributed by atoms with E-state index < -0.39 is 13.4 Å². The molecule has 8 heteroatoms. The Morgan fingerprint density at radius 1 is 1.12 bits per heavy atom. The van der Waals surface area contributed by atoms with E-state index in [4.69, 9.17) is 16.0 Å². The normalized spacial score (nSPS) is 7.25. The molecule has 4 nitrogen and oxygen atoms in total. The molecule has 0 radical (unpaired) electrons. The maximum absolute atomic E-state index is 8.80. The Hall–Kier alpha value is 1.65. The molecule has 0 bridgehead atoms. The van der Waals surface area contributed by atoms with Crippen LogP contribution in [0.25, 0.3) is 0 Å². The summed E-state index contributed by atoms with van der Waals surface area (Å²) in [4.78, 5) is 0. The maximum atomic E-state index is 8.80. The van der Waals surface area contributed by atoms with E-state index in [0.717, 1.165) is 0 Å². The third kappa shape index (κ3) is 124. The molecule has 0 amide bonds. The number of rotatable bonds is 0. The second-order valence-corrected chi connectivity index (χ2v) is 1.71. The van der Waals surface area contributed by atoms with Crippen molar-refractivity contribution in [2.24, 2.45) is 0 Å². The van der Waals surface area contributed by atoms with Crippen molar-refractivity contribution < 1.29 is 63.0 Å². The Labute approximate surface area is 81.3 Å². The molecule has 0 saturated heterocycles. The van der Waals surface area contributed by atoms with Crippen LogP contribution in [0.2, 0.25) is 0 Å². The molecule has 0 aliphatic heterocycles. The van der Waals surface area contributed by atoms with Gasteiger partial charge < -0.3 is 0 Å². The van der Waals surface area contributed by atoms with Gasteiger partial charge in [-0.1, -0.05) is 0 Å². The van der Waals surface area contributed by atoms with Crippen molar-refractivity contribution in [3.63, 3.8) is 0 Å². The first-order valence-electron chi connectivity index (χ1n) is 0.647. The van der Waals surface area contributed by atoms with E-state index in [-0.39, 0.29) is 52.4 Å². The van der Waals surface area contributed by atoms with E-state index in [1.807, 2.05) is 0 Å². The molecule has 0 aromatic carbocycles. The summed E-state index contributed by atoms with van der Waals surface area (Å²) in [5.41, 5.74) is 0. The molecule has 0 heterocycles. The summed E-state index contributed by atoms with van der Waals surface area (Å²) < 4.78 is 31.8. The van der Waals surface area contributed by atoms with Gasteiger partial charge in [0.1, 0.15) is 0 Å². The number of hydrogen-bond donors (Lipinski definition) is 2. The van der Waals surface area contributed by atoms with Gasteiger partial charge in [0, 0.05) is 33.6 Å². The molecule has 0 aromatic heterocycles. The summed E-state index contributed by atoms with van der Waals surface area (Å²) in [6.45, 7) is 0. The first kappa shape index (κ1) is 22.6. The third-order valence-corrected chi connectivity index (χ3v) is 0. The molecule has 53 valence electrons. The third-order valence-electron chi connectivity index (χ3n) is 0. The fourth-order valence-electron chi connectivity index (χ4n) is 0. The van der Waals surface area contributed by atoms with Gasteiger partial charge in [0.2, 0.25) is 0 Å². The van der Waals surface area contributed by atoms with Gasteiger partial charge in [-0.2, -0.15) is 0 Å². The summed E-state index contributed by atoms with van der Waals surface area (Å²) in [6, 6.07) is 0. The quantitative estimate of drug-likeness (QED) is 0.482. The summed E-state index contributed by atoms with van der Waals surface area (Å²) in [7, 11) is 0. The van der Waals surface area contributed by atoms with E-state index >= 15 is 0 Å². The van der Waals surface area contributed by atoms with Gasteiger partial charge in [-0.3, -0.25) is 0 Å². The Bertz CT molecular complexity index is 99.2. The van der Waals surface area contributed by atoms with Crippen LogP contribution in [0.5, 0.6) is 0 Å². The van der Waals surface area contributed by atoms with Crippen molar-refractivity contribution in [2.75, 3.05) is 0 Å². The van der Waals surface area contributed by atoms with Gasteiger partial charge in [0.05, 0.1) is 0 Å². The molecule has 0 fully saturated rings. The van der Waals surface area contributed by atoms with Crippen molar-refractivity contribution in [2.45, 2.75) is 0 Å². The summed E-state index contributed by atoms with van der Waals surface area (Å²) in [6.07, 6.45) is 0. The Balaban J connectivity index is -0.0000000267. The monoisotopic (exact) mass is 243 g/mol. The molecule has 0 aliphatic carbocycles. The molecular weight excluding hydrogens is 240 g/mol. The standard InChI is InChI=1S/Fe.Li.Mn.Ni.2H2O.2O.H/h;;;;2*1H2;;;/q;;+2;;;;;;/p-2. The molecule has 0 atom stereocenters. The van der Waals surface area contributed by atoms with Crippen molar-refractivity contribution in [1.82, 2.24) is 0 Å². The van der Waals surface area contributed by atoms with E-state index in [9.17, 15) is 0 Å². The fraction of sp³-hybridized carbons (Fsp3) is 0. The van der Waals surface area contributed by atoms with Crippen LogP contribution in [0.3, 0.4) is 0 Å². The van der Waals surface area contributed by atoms with Crippen molar-refractivity contribution in [1.29, 1.82) is 0 Å². The zero-order valence-electron chi connectivity index (χ0n) is 2.76. The second-order valence-electron chi connectivity index (χ2n) is 0.415. The van der Waals surface area contributed by atoms with Crippen molar-refractivity contribution >= 4 is 18.9 Å². The summed E-state index contributed by atoms with van der Waals surface area (Å²) in [5, 5.41) is 0. The molecule has 2 N–H and O–H groups in total. The predicted octanol–water partition coefficient (Wildman–Crippen LogP) is -2.01. The Kier molecular flexibility index (Phi) is 24.5. The minimum atomic E-state index is -5.12. The van der Waals surface area contributed by atoms with Gasteiger partial charge in [-0.25, -0.2) is 0 Å². The van der Waals surface area contributed by atoms with E-state index in [0.29, 0.717) is 0 Å². The SMILES string of the molecule is [Fe].[LiH].[Ni].[O]=[Mn](=[O])([OH])[OH]. The molecule has 8 heavy (non-hydrogen) atoms. The fourth-order valence-corrected chi connectivity index (χ4v) is 0. The topological polar surface area (TPSA) is 74.6 Å². The van der Waals surface area contributed by atoms with Crippen LogP contribution in [0.4, 0.5) is 0 Å². The van der Waals surface area contributed by atoms with Crippen molar-refractivity contribution in [3.8, 4) is 0 Å². The molecule has 0 aromatic rings. The molecule has 0 saturated carbocycles. The van der Waals surface area contributed by atoms with Crippen LogP contribution >= 0.6 is 0 Å². The average Bonchev–Trinajstić information content (AvgIpc) is 0.722. The minimum absolute atomic E-state index is 0. The van der Waals surface area contributed by atoms with Gasteiger partial charge in [0.15, 0.2) is 0 Å². The Morgan fingerprint density at radius 2 is 1.12 bits per heavy atom. The van der Waals surface area contributed by atoms with Gasteiger partial charge in [-0.05, 0) is 0 Å². The van der Waals surface area contributed by atoms with Crippen molar-refractivity contribution in [3.05, 3.63) is 0 Å². The molecular formula is H3FeLiMnNiO4. The average molecular weight is 243 g/mol. The van der Waals surface area contributed by atoms with E-state index in [2.05, 4.69) is 0 Å². The predicted molar refractivity (Wildman–Crippen MR) is 13.0 cm³/mol. The second kappa shape index (κ2) is 8.65. The van der Waals surface area contributed by atoms with Crippen LogP contribution in [0, 0.1) is 0 Å². The summed E-state index contributed by atoms with van der Waals surface area (Å²) >= 11 is -5.12.